The Bertz CT molecular complexity index is 821. The number of aromatic nitrogens is 1. The van der Waals surface area contributed by atoms with E-state index in [1.165, 1.54) is 0 Å². The van der Waals surface area contributed by atoms with Crippen molar-refractivity contribution in [1.82, 2.24) is 14.4 Å². The fourth-order valence-corrected chi connectivity index (χ4v) is 4.86. The topological polar surface area (TPSA) is 46.9 Å². The molecule has 6 nitrogen and oxygen atoms in total. The van der Waals surface area contributed by atoms with Crippen LogP contribution >= 0.6 is 0 Å². The molecule has 1 aromatic heterocycles. The van der Waals surface area contributed by atoms with Gasteiger partial charge in [0.2, 0.25) is 0 Å². The predicted molar refractivity (Wildman–Crippen MR) is 117 cm³/mol. The van der Waals surface area contributed by atoms with Gasteiger partial charge in [-0.3, -0.25) is 4.79 Å². The lowest BCUT2D eigenvalue weighted by atomic mass is 9.86. The summed E-state index contributed by atoms with van der Waals surface area (Å²) in [5, 5.41) is 0. The first-order valence-corrected chi connectivity index (χ1v) is 10.9. The lowest BCUT2D eigenvalue weighted by molar-refractivity contribution is -0.0450. The fraction of sp³-hybridized carbons (Fsp3) is 0.542. The third kappa shape index (κ3) is 4.77. The van der Waals surface area contributed by atoms with Crippen LogP contribution in [0.4, 0.5) is 0 Å². The molecule has 30 heavy (non-hydrogen) atoms. The van der Waals surface area contributed by atoms with E-state index in [0.717, 1.165) is 63.4 Å². The average molecular weight is 412 g/mol. The maximum absolute atomic E-state index is 13.2. The summed E-state index contributed by atoms with van der Waals surface area (Å²) in [4.78, 5) is 17.5. The summed E-state index contributed by atoms with van der Waals surface area (Å²) >= 11 is 0. The SMILES string of the molecule is COCCN(C)C[C@H]1CO[C@@]2(CCCN(C(=O)c3ccc(-n4cccc4)cc3)C2)C1. The van der Waals surface area contributed by atoms with E-state index in [-0.39, 0.29) is 11.5 Å². The molecule has 0 bridgehead atoms. The highest BCUT2D eigenvalue weighted by molar-refractivity contribution is 5.94. The summed E-state index contributed by atoms with van der Waals surface area (Å²) < 4.78 is 13.5. The molecule has 0 radical (unpaired) electrons. The molecule has 0 saturated carbocycles. The third-order valence-corrected chi connectivity index (χ3v) is 6.38. The quantitative estimate of drug-likeness (QED) is 0.703. The lowest BCUT2D eigenvalue weighted by Crippen LogP contribution is -2.50. The van der Waals surface area contributed by atoms with E-state index < -0.39 is 0 Å². The molecule has 3 heterocycles. The highest BCUT2D eigenvalue weighted by Gasteiger charge is 2.44. The number of likely N-dealkylation sites (tertiary alicyclic amines) is 1. The number of nitrogens with zero attached hydrogens (tertiary/aromatic N) is 3. The van der Waals surface area contributed by atoms with Gasteiger partial charge in [-0.25, -0.2) is 0 Å². The Hall–Kier alpha value is -2.15. The zero-order chi connectivity index (χ0) is 21.0. The molecule has 0 aliphatic carbocycles. The largest absolute Gasteiger partial charge is 0.383 e. The van der Waals surface area contributed by atoms with Gasteiger partial charge in [-0.1, -0.05) is 0 Å². The van der Waals surface area contributed by atoms with E-state index >= 15 is 0 Å². The molecule has 2 atom stereocenters. The molecule has 4 rings (SSSR count). The van der Waals surface area contributed by atoms with Crippen LogP contribution in [0.25, 0.3) is 5.69 Å². The maximum Gasteiger partial charge on any atom is 0.253 e. The van der Waals surface area contributed by atoms with Crippen LogP contribution in [-0.4, -0.2) is 79.4 Å². The molecule has 2 saturated heterocycles. The molecule has 1 spiro atoms. The van der Waals surface area contributed by atoms with Crippen molar-refractivity contribution < 1.29 is 14.3 Å². The van der Waals surface area contributed by atoms with Crippen molar-refractivity contribution >= 4 is 5.91 Å². The zero-order valence-corrected chi connectivity index (χ0v) is 18.1. The normalized spacial score (nSPS) is 24.1. The van der Waals surface area contributed by atoms with Gasteiger partial charge < -0.3 is 23.8 Å². The Labute approximate surface area is 179 Å². The molecule has 2 aliphatic rings. The summed E-state index contributed by atoms with van der Waals surface area (Å²) in [6.07, 6.45) is 7.08. The van der Waals surface area contributed by atoms with Crippen LogP contribution in [0.3, 0.4) is 0 Å². The van der Waals surface area contributed by atoms with Crippen LogP contribution in [-0.2, 0) is 9.47 Å². The van der Waals surface area contributed by atoms with Gasteiger partial charge in [0.05, 0.1) is 18.8 Å². The van der Waals surface area contributed by atoms with Gasteiger partial charge in [0.15, 0.2) is 0 Å². The van der Waals surface area contributed by atoms with E-state index in [9.17, 15) is 4.79 Å². The van der Waals surface area contributed by atoms with Crippen LogP contribution in [0.1, 0.15) is 29.6 Å². The van der Waals surface area contributed by atoms with Gasteiger partial charge in [-0.05, 0) is 68.6 Å². The minimum absolute atomic E-state index is 0.109. The molecular formula is C24H33N3O3. The number of carbonyl (C=O) groups is 1. The number of hydrogen-bond acceptors (Lipinski definition) is 4. The Morgan fingerprint density at radius 1 is 1.27 bits per heavy atom. The number of hydrogen-bond donors (Lipinski definition) is 0. The minimum atomic E-state index is -0.175. The summed E-state index contributed by atoms with van der Waals surface area (Å²) in [5.41, 5.74) is 1.63. The molecule has 1 amide bonds. The summed E-state index contributed by atoms with van der Waals surface area (Å²) in [6.45, 7) is 4.99. The molecular weight excluding hydrogens is 378 g/mol. The highest BCUT2D eigenvalue weighted by Crippen LogP contribution is 2.38. The first-order valence-electron chi connectivity index (χ1n) is 10.9. The van der Waals surface area contributed by atoms with E-state index in [0.29, 0.717) is 12.5 Å². The molecule has 162 valence electrons. The molecule has 1 aromatic carbocycles. The minimum Gasteiger partial charge on any atom is -0.383 e. The van der Waals surface area contributed by atoms with Gasteiger partial charge in [-0.15, -0.1) is 0 Å². The number of carbonyl (C=O) groups excluding carboxylic acids is 1. The van der Waals surface area contributed by atoms with Crippen molar-refractivity contribution in [3.05, 3.63) is 54.4 Å². The molecule has 0 unspecified atom stereocenters. The van der Waals surface area contributed by atoms with Crippen LogP contribution in [0.15, 0.2) is 48.8 Å². The Kier molecular flexibility index (Phi) is 6.56. The summed E-state index contributed by atoms with van der Waals surface area (Å²) in [5.74, 6) is 0.625. The van der Waals surface area contributed by atoms with Gasteiger partial charge in [0.25, 0.3) is 5.91 Å². The Balaban J connectivity index is 1.36. The van der Waals surface area contributed by atoms with E-state index in [1.54, 1.807) is 7.11 Å². The first kappa shape index (κ1) is 21.1. The average Bonchev–Trinajstić information content (AvgIpc) is 3.43. The van der Waals surface area contributed by atoms with Crippen molar-refractivity contribution in [2.45, 2.75) is 24.9 Å². The molecule has 2 aromatic rings. The smallest absolute Gasteiger partial charge is 0.253 e. The fourth-order valence-electron chi connectivity index (χ4n) is 4.86. The molecule has 2 aliphatic heterocycles. The Morgan fingerprint density at radius 2 is 2.03 bits per heavy atom. The Morgan fingerprint density at radius 3 is 2.77 bits per heavy atom. The lowest BCUT2D eigenvalue weighted by Gasteiger charge is -2.40. The van der Waals surface area contributed by atoms with Crippen molar-refractivity contribution in [1.29, 1.82) is 0 Å². The summed E-state index contributed by atoms with van der Waals surface area (Å²) in [7, 11) is 3.88. The molecule has 2 fully saturated rings. The van der Waals surface area contributed by atoms with Crippen molar-refractivity contribution in [3.63, 3.8) is 0 Å². The number of rotatable bonds is 7. The van der Waals surface area contributed by atoms with Crippen LogP contribution in [0, 0.1) is 5.92 Å². The van der Waals surface area contributed by atoms with Crippen molar-refractivity contribution in [2.75, 3.05) is 53.6 Å². The molecule has 0 N–H and O–H groups in total. The van der Waals surface area contributed by atoms with Crippen LogP contribution in [0.2, 0.25) is 0 Å². The van der Waals surface area contributed by atoms with Gasteiger partial charge in [-0.2, -0.15) is 0 Å². The highest BCUT2D eigenvalue weighted by atomic mass is 16.5. The second-order valence-electron chi connectivity index (χ2n) is 8.79. The third-order valence-electron chi connectivity index (χ3n) is 6.38. The summed E-state index contributed by atoms with van der Waals surface area (Å²) in [6, 6.07) is 11.9. The number of piperidine rings is 1. The number of benzene rings is 1. The van der Waals surface area contributed by atoms with Crippen LogP contribution < -0.4 is 0 Å². The number of likely N-dealkylation sites (N-methyl/N-ethyl adjacent to an activating group) is 1. The van der Waals surface area contributed by atoms with Gasteiger partial charge >= 0.3 is 0 Å². The van der Waals surface area contributed by atoms with Crippen LogP contribution in [0.5, 0.6) is 0 Å². The molecule has 6 heteroatoms. The van der Waals surface area contributed by atoms with Gasteiger partial charge in [0, 0.05) is 56.9 Å². The van der Waals surface area contributed by atoms with Crippen molar-refractivity contribution in [2.24, 2.45) is 5.92 Å². The van der Waals surface area contributed by atoms with E-state index in [4.69, 9.17) is 9.47 Å². The van der Waals surface area contributed by atoms with E-state index in [1.807, 2.05) is 58.3 Å². The van der Waals surface area contributed by atoms with E-state index in [2.05, 4.69) is 11.9 Å². The maximum atomic E-state index is 13.2. The number of amides is 1. The second-order valence-corrected chi connectivity index (χ2v) is 8.79. The first-order chi connectivity index (χ1) is 14.6. The second kappa shape index (κ2) is 9.33. The zero-order valence-electron chi connectivity index (χ0n) is 18.1. The predicted octanol–water partition coefficient (Wildman–Crippen LogP) is 3.07. The number of methoxy groups -OCH3 is 1. The standard InChI is InChI=1S/C24H33N3O3/c1-25(14-15-29-2)17-20-16-24(30-18-20)10-5-13-27(19-24)23(28)21-6-8-22(9-7-21)26-11-3-4-12-26/h3-4,6-9,11-12,20H,5,10,13-19H2,1-2H3/t20-,24-/m0/s1. The van der Waals surface area contributed by atoms with Crippen molar-refractivity contribution in [3.8, 4) is 5.69 Å². The van der Waals surface area contributed by atoms with Gasteiger partial charge in [0.1, 0.15) is 0 Å². The monoisotopic (exact) mass is 411 g/mol. The number of ether oxygens (including phenoxy) is 2.